The molecule has 1 aromatic heterocycles. The van der Waals surface area contributed by atoms with Gasteiger partial charge in [0.05, 0.1) is 16.9 Å². The average molecular weight is 356 g/mol. The van der Waals surface area contributed by atoms with Crippen LogP contribution in [0.15, 0.2) is 52.3 Å². The molecule has 25 heavy (non-hydrogen) atoms. The highest BCUT2D eigenvalue weighted by atomic mass is 32.2. The topological polar surface area (TPSA) is 71.2 Å². The number of hydrogen-bond acceptors (Lipinski definition) is 4. The second kappa shape index (κ2) is 6.20. The number of methoxy groups -OCH3 is 1. The Morgan fingerprint density at radius 3 is 2.44 bits per heavy atom. The summed E-state index contributed by atoms with van der Waals surface area (Å²) >= 11 is 0. The molecule has 0 atom stereocenters. The molecule has 2 heterocycles. The van der Waals surface area contributed by atoms with E-state index in [0.717, 1.165) is 36.8 Å². The van der Waals surface area contributed by atoms with E-state index in [1.54, 1.807) is 43.5 Å². The molecular weight excluding hydrogens is 336 g/mol. The fourth-order valence-electron chi connectivity index (χ4n) is 3.39. The first-order valence-corrected chi connectivity index (χ1v) is 9.81. The van der Waals surface area contributed by atoms with Crippen LogP contribution in [0.3, 0.4) is 0 Å². The van der Waals surface area contributed by atoms with E-state index in [4.69, 9.17) is 4.74 Å². The molecule has 1 aliphatic rings. The predicted molar refractivity (Wildman–Crippen MR) is 97.0 cm³/mol. The minimum atomic E-state index is -3.55. The van der Waals surface area contributed by atoms with Crippen LogP contribution in [-0.2, 0) is 22.7 Å². The molecule has 2 aromatic carbocycles. The molecule has 0 spiro atoms. The monoisotopic (exact) mass is 356 g/mol. The molecule has 0 saturated heterocycles. The molecule has 0 radical (unpaired) electrons. The normalized spacial score (nSPS) is 14.9. The maximum absolute atomic E-state index is 13.0. The van der Waals surface area contributed by atoms with Crippen molar-refractivity contribution in [1.29, 1.82) is 0 Å². The van der Waals surface area contributed by atoms with E-state index in [-0.39, 0.29) is 4.90 Å². The van der Waals surface area contributed by atoms with Crippen LogP contribution in [0.2, 0.25) is 0 Å². The van der Waals surface area contributed by atoms with E-state index in [9.17, 15) is 8.42 Å². The second-order valence-corrected chi connectivity index (χ2v) is 8.17. The van der Waals surface area contributed by atoms with Crippen LogP contribution in [-0.4, -0.2) is 33.6 Å². The molecule has 0 unspecified atom stereocenters. The molecule has 0 aliphatic carbocycles. The summed E-state index contributed by atoms with van der Waals surface area (Å²) in [5, 5.41) is 4.38. The summed E-state index contributed by atoms with van der Waals surface area (Å²) in [4.78, 5) is 4.04. The Balaban J connectivity index is 1.81. The standard InChI is InChI=1S/C19H20N2O3S/c1-24-13-2-4-14(5-3-13)25(22,23)15-6-7-18-17(12-15)16-8-10-20-11-9-19(16)21-18/h2-7,12,20-21H,8-11H2,1H3. The third-order valence-corrected chi connectivity index (χ3v) is 6.52. The maximum atomic E-state index is 13.0. The van der Waals surface area contributed by atoms with Gasteiger partial charge >= 0.3 is 0 Å². The van der Waals surface area contributed by atoms with Gasteiger partial charge in [-0.05, 0) is 61.0 Å². The SMILES string of the molecule is COc1ccc(S(=O)(=O)c2ccc3[nH]c4c(c3c2)CCNCC4)cc1. The Morgan fingerprint density at radius 1 is 0.960 bits per heavy atom. The summed E-state index contributed by atoms with van der Waals surface area (Å²) in [5.74, 6) is 0.637. The number of aromatic nitrogens is 1. The second-order valence-electron chi connectivity index (χ2n) is 6.22. The minimum Gasteiger partial charge on any atom is -0.497 e. The summed E-state index contributed by atoms with van der Waals surface area (Å²) < 4.78 is 31.0. The molecular formula is C19H20N2O3S. The van der Waals surface area contributed by atoms with Gasteiger partial charge in [-0.25, -0.2) is 8.42 Å². The fraction of sp³-hybridized carbons (Fsp3) is 0.263. The Bertz CT molecular complexity index is 1020. The van der Waals surface area contributed by atoms with Crippen molar-refractivity contribution in [2.24, 2.45) is 0 Å². The van der Waals surface area contributed by atoms with Crippen molar-refractivity contribution < 1.29 is 13.2 Å². The number of ether oxygens (including phenoxy) is 1. The molecule has 1 aliphatic heterocycles. The molecule has 0 fully saturated rings. The van der Waals surface area contributed by atoms with Gasteiger partial charge in [0, 0.05) is 29.6 Å². The number of nitrogens with one attached hydrogen (secondary N) is 2. The molecule has 6 heteroatoms. The average Bonchev–Trinajstić information content (AvgIpc) is 2.82. The highest BCUT2D eigenvalue weighted by Gasteiger charge is 2.20. The van der Waals surface area contributed by atoms with Crippen molar-refractivity contribution in [3.05, 3.63) is 53.7 Å². The molecule has 0 saturated carbocycles. The lowest BCUT2D eigenvalue weighted by Gasteiger charge is -2.07. The van der Waals surface area contributed by atoms with Crippen LogP contribution in [0.5, 0.6) is 5.75 Å². The summed E-state index contributed by atoms with van der Waals surface area (Å²) in [7, 11) is -1.99. The number of fused-ring (bicyclic) bond motifs is 3. The van der Waals surface area contributed by atoms with Crippen molar-refractivity contribution in [3.8, 4) is 5.75 Å². The zero-order valence-electron chi connectivity index (χ0n) is 14.0. The van der Waals surface area contributed by atoms with Crippen molar-refractivity contribution in [3.63, 3.8) is 0 Å². The van der Waals surface area contributed by atoms with Crippen LogP contribution in [0.1, 0.15) is 11.3 Å². The van der Waals surface area contributed by atoms with E-state index < -0.39 is 9.84 Å². The third kappa shape index (κ3) is 2.81. The van der Waals surface area contributed by atoms with E-state index >= 15 is 0 Å². The Morgan fingerprint density at radius 2 is 1.68 bits per heavy atom. The fourth-order valence-corrected chi connectivity index (χ4v) is 4.68. The van der Waals surface area contributed by atoms with Gasteiger partial charge < -0.3 is 15.0 Å². The van der Waals surface area contributed by atoms with Gasteiger partial charge in [-0.2, -0.15) is 0 Å². The molecule has 5 nitrogen and oxygen atoms in total. The third-order valence-electron chi connectivity index (χ3n) is 4.75. The lowest BCUT2D eigenvalue weighted by atomic mass is 10.1. The van der Waals surface area contributed by atoms with E-state index in [0.29, 0.717) is 10.6 Å². The molecule has 3 aromatic rings. The highest BCUT2D eigenvalue weighted by molar-refractivity contribution is 7.91. The number of H-pyrrole nitrogens is 1. The maximum Gasteiger partial charge on any atom is 0.206 e. The van der Waals surface area contributed by atoms with Crippen LogP contribution in [0.4, 0.5) is 0 Å². The number of rotatable bonds is 3. The Hall–Kier alpha value is -2.31. The molecule has 0 bridgehead atoms. The first kappa shape index (κ1) is 16.2. The smallest absolute Gasteiger partial charge is 0.206 e. The Kier molecular flexibility index (Phi) is 4.01. The summed E-state index contributed by atoms with van der Waals surface area (Å²) in [6.45, 7) is 1.85. The summed E-state index contributed by atoms with van der Waals surface area (Å²) in [5.41, 5.74) is 3.44. The lowest BCUT2D eigenvalue weighted by Crippen LogP contribution is -2.16. The van der Waals surface area contributed by atoms with Gasteiger partial charge in [0.25, 0.3) is 0 Å². The zero-order valence-corrected chi connectivity index (χ0v) is 14.8. The molecule has 130 valence electrons. The van der Waals surface area contributed by atoms with E-state index in [1.807, 2.05) is 6.07 Å². The quantitative estimate of drug-likeness (QED) is 0.757. The number of aromatic amines is 1. The van der Waals surface area contributed by atoms with Crippen LogP contribution in [0, 0.1) is 0 Å². The first-order chi connectivity index (χ1) is 12.1. The summed E-state index contributed by atoms with van der Waals surface area (Å²) in [6, 6.07) is 11.8. The van der Waals surface area contributed by atoms with E-state index in [1.165, 1.54) is 11.3 Å². The van der Waals surface area contributed by atoms with Gasteiger partial charge in [-0.15, -0.1) is 0 Å². The first-order valence-electron chi connectivity index (χ1n) is 8.33. The Labute approximate surface area is 146 Å². The summed E-state index contributed by atoms with van der Waals surface area (Å²) in [6.07, 6.45) is 1.84. The number of benzene rings is 2. The van der Waals surface area contributed by atoms with Crippen LogP contribution >= 0.6 is 0 Å². The van der Waals surface area contributed by atoms with Gasteiger partial charge in [-0.1, -0.05) is 0 Å². The van der Waals surface area contributed by atoms with Crippen LogP contribution < -0.4 is 10.1 Å². The van der Waals surface area contributed by atoms with Gasteiger partial charge in [0.15, 0.2) is 0 Å². The number of hydrogen-bond donors (Lipinski definition) is 2. The van der Waals surface area contributed by atoms with Gasteiger partial charge in [0.2, 0.25) is 9.84 Å². The van der Waals surface area contributed by atoms with Crippen molar-refractivity contribution >= 4 is 20.7 Å². The molecule has 4 rings (SSSR count). The molecule has 0 amide bonds. The van der Waals surface area contributed by atoms with Gasteiger partial charge in [0.1, 0.15) is 5.75 Å². The van der Waals surface area contributed by atoms with E-state index in [2.05, 4.69) is 10.3 Å². The number of sulfone groups is 1. The predicted octanol–water partition coefficient (Wildman–Crippen LogP) is 2.70. The van der Waals surface area contributed by atoms with Gasteiger partial charge in [-0.3, -0.25) is 0 Å². The zero-order chi connectivity index (χ0) is 17.4. The molecule has 2 N–H and O–H groups in total. The van der Waals surface area contributed by atoms with Crippen LogP contribution in [0.25, 0.3) is 10.9 Å². The largest absolute Gasteiger partial charge is 0.497 e. The minimum absolute atomic E-state index is 0.274. The van der Waals surface area contributed by atoms with Crippen molar-refractivity contribution in [1.82, 2.24) is 10.3 Å². The highest BCUT2D eigenvalue weighted by Crippen LogP contribution is 2.30. The lowest BCUT2D eigenvalue weighted by molar-refractivity contribution is 0.414. The van der Waals surface area contributed by atoms with Crippen molar-refractivity contribution in [2.75, 3.05) is 20.2 Å². The van der Waals surface area contributed by atoms with Crippen molar-refractivity contribution in [2.45, 2.75) is 22.6 Å².